The molecule has 1 aliphatic rings. The first kappa shape index (κ1) is 18.3. The smallest absolute Gasteiger partial charge is 0.154 e. The van der Waals surface area contributed by atoms with Gasteiger partial charge >= 0.3 is 0 Å². The Hall–Kier alpha value is -2.76. The van der Waals surface area contributed by atoms with Crippen LogP contribution >= 0.6 is 11.3 Å². The molecule has 29 heavy (non-hydrogen) atoms. The number of aromatic nitrogens is 1. The van der Waals surface area contributed by atoms with Crippen molar-refractivity contribution in [2.75, 3.05) is 0 Å². The second-order valence-corrected chi connectivity index (χ2v) is 9.25. The number of hydrogen-bond donors (Lipinski definition) is 0. The fourth-order valence-electron chi connectivity index (χ4n) is 3.79. The van der Waals surface area contributed by atoms with Crippen molar-refractivity contribution in [3.63, 3.8) is 0 Å². The summed E-state index contributed by atoms with van der Waals surface area (Å²) in [7, 11) is 0. The topological polar surface area (TPSA) is 25.4 Å². The number of rotatable bonds is 2. The van der Waals surface area contributed by atoms with Gasteiger partial charge in [-0.15, -0.1) is 16.4 Å². The largest absolute Gasteiger partial charge is 0.404 e. The maximum absolute atomic E-state index is 13.3. The van der Waals surface area contributed by atoms with E-state index in [0.717, 1.165) is 32.1 Å². The molecule has 0 spiro atoms. The molecule has 3 aromatic carbocycles. The van der Waals surface area contributed by atoms with Gasteiger partial charge in [0.15, 0.2) is 5.75 Å². The summed E-state index contributed by atoms with van der Waals surface area (Å²) in [6, 6.07) is 20.9. The molecular weight excluding hydrogens is 383 g/mol. The van der Waals surface area contributed by atoms with Crippen LogP contribution < -0.4 is 4.84 Å². The Morgan fingerprint density at radius 3 is 2.38 bits per heavy atom. The molecule has 0 N–H and O–H groups in total. The van der Waals surface area contributed by atoms with Crippen LogP contribution in [0, 0.1) is 5.82 Å². The zero-order valence-corrected chi connectivity index (χ0v) is 17.3. The van der Waals surface area contributed by atoms with E-state index in [1.54, 1.807) is 23.5 Å². The monoisotopic (exact) mass is 404 g/mol. The lowest BCUT2D eigenvalue weighted by molar-refractivity contribution is -0.128. The van der Waals surface area contributed by atoms with E-state index < -0.39 is 0 Å². The van der Waals surface area contributed by atoms with Gasteiger partial charge in [-0.2, -0.15) is 0 Å². The highest BCUT2D eigenvalue weighted by Crippen LogP contribution is 2.49. The first-order valence-corrected chi connectivity index (χ1v) is 10.4. The summed E-state index contributed by atoms with van der Waals surface area (Å²) >= 11 is 1.63. The Labute approximate surface area is 173 Å². The SMILES string of the molecule is CC(C)(C)N1Oc2ccc3nc(-c4ccc(F)cc4)sc3c2C1c1ccccc1. The fraction of sp³-hybridized carbons (Fsp3) is 0.208. The summed E-state index contributed by atoms with van der Waals surface area (Å²) in [5.41, 5.74) is 4.01. The van der Waals surface area contributed by atoms with Crippen LogP contribution in [0.5, 0.6) is 5.75 Å². The predicted molar refractivity (Wildman–Crippen MR) is 116 cm³/mol. The minimum Gasteiger partial charge on any atom is -0.404 e. The normalized spacial score (nSPS) is 16.8. The Morgan fingerprint density at radius 1 is 0.966 bits per heavy atom. The molecule has 146 valence electrons. The highest BCUT2D eigenvalue weighted by Gasteiger charge is 2.42. The summed E-state index contributed by atoms with van der Waals surface area (Å²) in [6.45, 7) is 6.47. The molecular formula is C24H21FN2OS. The van der Waals surface area contributed by atoms with Crippen LogP contribution in [-0.4, -0.2) is 15.6 Å². The van der Waals surface area contributed by atoms with Gasteiger partial charge in [0.2, 0.25) is 0 Å². The molecule has 1 aliphatic heterocycles. The molecule has 4 aromatic rings. The molecule has 1 atom stereocenters. The van der Waals surface area contributed by atoms with E-state index in [-0.39, 0.29) is 17.4 Å². The van der Waals surface area contributed by atoms with Crippen molar-refractivity contribution in [2.45, 2.75) is 32.4 Å². The maximum Gasteiger partial charge on any atom is 0.154 e. The number of hydroxylamine groups is 2. The Morgan fingerprint density at radius 2 is 1.69 bits per heavy atom. The van der Waals surface area contributed by atoms with Gasteiger partial charge in [0.25, 0.3) is 0 Å². The molecule has 0 fully saturated rings. The lowest BCUT2D eigenvalue weighted by atomic mass is 9.95. The summed E-state index contributed by atoms with van der Waals surface area (Å²) in [6.07, 6.45) is 0. The second kappa shape index (κ2) is 6.65. The van der Waals surface area contributed by atoms with Crippen molar-refractivity contribution in [3.05, 3.63) is 83.7 Å². The molecule has 0 aliphatic carbocycles. The number of fused-ring (bicyclic) bond motifs is 3. The van der Waals surface area contributed by atoms with Gasteiger partial charge in [-0.3, -0.25) is 0 Å². The molecule has 1 unspecified atom stereocenters. The lowest BCUT2D eigenvalue weighted by Gasteiger charge is -2.34. The molecule has 0 amide bonds. The Kier molecular flexibility index (Phi) is 4.19. The zero-order valence-electron chi connectivity index (χ0n) is 16.5. The third-order valence-corrected chi connectivity index (χ3v) is 6.28. The van der Waals surface area contributed by atoms with Crippen molar-refractivity contribution in [1.29, 1.82) is 0 Å². The molecule has 1 aromatic heterocycles. The number of benzene rings is 3. The molecule has 0 radical (unpaired) electrons. The van der Waals surface area contributed by atoms with Gasteiger partial charge in [-0.05, 0) is 62.7 Å². The first-order valence-electron chi connectivity index (χ1n) is 9.63. The molecule has 0 saturated heterocycles. The maximum atomic E-state index is 13.3. The third kappa shape index (κ3) is 3.11. The van der Waals surface area contributed by atoms with Gasteiger partial charge in [0.1, 0.15) is 16.9 Å². The molecule has 3 nitrogen and oxygen atoms in total. The minimum absolute atomic E-state index is 0.0172. The molecule has 0 bridgehead atoms. The molecule has 2 heterocycles. The van der Waals surface area contributed by atoms with Crippen LogP contribution in [0.2, 0.25) is 0 Å². The number of nitrogens with zero attached hydrogens (tertiary/aromatic N) is 2. The van der Waals surface area contributed by atoms with Crippen LogP contribution in [0.25, 0.3) is 20.8 Å². The van der Waals surface area contributed by atoms with E-state index in [1.165, 1.54) is 17.7 Å². The van der Waals surface area contributed by atoms with Crippen LogP contribution in [0.15, 0.2) is 66.7 Å². The minimum atomic E-state index is -0.242. The third-order valence-electron chi connectivity index (χ3n) is 5.13. The van der Waals surface area contributed by atoms with E-state index in [9.17, 15) is 4.39 Å². The highest BCUT2D eigenvalue weighted by molar-refractivity contribution is 7.21. The van der Waals surface area contributed by atoms with Gasteiger partial charge in [-0.25, -0.2) is 9.37 Å². The van der Waals surface area contributed by atoms with E-state index in [2.05, 4.69) is 50.1 Å². The van der Waals surface area contributed by atoms with Crippen molar-refractivity contribution in [2.24, 2.45) is 0 Å². The summed E-state index contributed by atoms with van der Waals surface area (Å²) in [4.78, 5) is 11.2. The number of hydrogen-bond acceptors (Lipinski definition) is 4. The van der Waals surface area contributed by atoms with Crippen LogP contribution in [0.3, 0.4) is 0 Å². The molecule has 0 saturated carbocycles. The Balaban J connectivity index is 1.71. The zero-order chi connectivity index (χ0) is 20.2. The highest BCUT2D eigenvalue weighted by atomic mass is 32.1. The average Bonchev–Trinajstić information content (AvgIpc) is 3.30. The van der Waals surface area contributed by atoms with E-state index in [4.69, 9.17) is 9.82 Å². The van der Waals surface area contributed by atoms with Gasteiger partial charge in [-0.1, -0.05) is 30.3 Å². The van der Waals surface area contributed by atoms with Gasteiger partial charge in [0, 0.05) is 16.7 Å². The fourth-order valence-corrected chi connectivity index (χ4v) is 4.92. The van der Waals surface area contributed by atoms with Crippen molar-refractivity contribution in [3.8, 4) is 16.3 Å². The number of thiazole rings is 1. The van der Waals surface area contributed by atoms with Crippen molar-refractivity contribution in [1.82, 2.24) is 10.0 Å². The quantitative estimate of drug-likeness (QED) is 0.376. The Bertz CT molecular complexity index is 1180. The summed E-state index contributed by atoms with van der Waals surface area (Å²) in [5, 5.41) is 2.96. The predicted octanol–water partition coefficient (Wildman–Crippen LogP) is 6.60. The van der Waals surface area contributed by atoms with Crippen LogP contribution in [-0.2, 0) is 0 Å². The van der Waals surface area contributed by atoms with Crippen LogP contribution in [0.1, 0.15) is 37.9 Å². The average molecular weight is 405 g/mol. The van der Waals surface area contributed by atoms with Gasteiger partial charge in [0.05, 0.1) is 10.2 Å². The molecule has 5 rings (SSSR count). The molecule has 5 heteroatoms. The standard InChI is InChI=1S/C24H21FN2OS/c1-24(2,3)27-21(15-7-5-4-6-8-15)20-19(28-27)14-13-18-22(20)29-23(26-18)16-9-11-17(25)12-10-16/h4-14,21H,1-3H3. The van der Waals surface area contributed by atoms with Crippen LogP contribution in [0.4, 0.5) is 4.39 Å². The van der Waals surface area contributed by atoms with Crippen molar-refractivity contribution < 1.29 is 9.23 Å². The van der Waals surface area contributed by atoms with Gasteiger partial charge < -0.3 is 4.84 Å². The summed E-state index contributed by atoms with van der Waals surface area (Å²) in [5.74, 6) is 0.629. The summed E-state index contributed by atoms with van der Waals surface area (Å²) < 4.78 is 14.5. The lowest BCUT2D eigenvalue weighted by Crippen LogP contribution is -2.43. The van der Waals surface area contributed by atoms with E-state index in [0.29, 0.717) is 0 Å². The second-order valence-electron chi connectivity index (χ2n) is 8.25. The first-order chi connectivity index (χ1) is 13.9. The van der Waals surface area contributed by atoms with E-state index in [1.807, 2.05) is 18.2 Å². The number of halogens is 1. The van der Waals surface area contributed by atoms with Crippen molar-refractivity contribution >= 4 is 21.6 Å². The van der Waals surface area contributed by atoms with E-state index >= 15 is 0 Å².